The number of aliphatic imine (C=N–C) groups is 2. The van der Waals surface area contributed by atoms with Gasteiger partial charge in [-0.05, 0) is 82.9 Å². The standard InChI is InChI=1S/C59H40N4O/c1-37-30-32-49(60-58(42-21-15-20-39(34-42)38-16-3-2-4-17-38)61-59(37)63-51-27-12-7-22-43(51)44-23-8-13-28-52(44)63)46-31-33-55-56(47-25-10-14-29-54(47)64-55)57(46)62-50-26-11-9-24-45(50)48-35-40-18-5-6-19-41(40)36-53(48)62/h2-29,31-37H,30H2,1H3/b49-32+,60-58?,61-59?. The van der Waals surface area contributed by atoms with Crippen molar-refractivity contribution >= 4 is 93.7 Å². The fourth-order valence-corrected chi connectivity index (χ4v) is 10.1. The highest BCUT2D eigenvalue weighted by molar-refractivity contribution is 6.20. The molecule has 1 aliphatic rings. The summed E-state index contributed by atoms with van der Waals surface area (Å²) >= 11 is 0. The molecule has 0 spiro atoms. The molecule has 64 heavy (non-hydrogen) atoms. The van der Waals surface area contributed by atoms with Gasteiger partial charge in [0, 0.05) is 44.0 Å². The smallest absolute Gasteiger partial charge is 0.161 e. The van der Waals surface area contributed by atoms with Crippen molar-refractivity contribution in [1.82, 2.24) is 9.13 Å². The van der Waals surface area contributed by atoms with Crippen LogP contribution in [0.2, 0.25) is 0 Å². The van der Waals surface area contributed by atoms with E-state index >= 15 is 0 Å². The van der Waals surface area contributed by atoms with E-state index in [4.69, 9.17) is 14.4 Å². The monoisotopic (exact) mass is 820 g/mol. The molecule has 9 aromatic carbocycles. The highest BCUT2D eigenvalue weighted by Crippen LogP contribution is 2.44. The number of furan rings is 1. The zero-order valence-corrected chi connectivity index (χ0v) is 35.1. The van der Waals surface area contributed by atoms with E-state index in [0.29, 0.717) is 5.84 Å². The number of nitrogens with zero attached hydrogens (tertiary/aromatic N) is 4. The Labute approximate surface area is 369 Å². The molecule has 4 heterocycles. The summed E-state index contributed by atoms with van der Waals surface area (Å²) in [4.78, 5) is 11.5. The maximum absolute atomic E-state index is 6.67. The molecule has 0 fully saturated rings. The Bertz CT molecular complexity index is 3900. The Morgan fingerprint density at radius 1 is 0.453 bits per heavy atom. The summed E-state index contributed by atoms with van der Waals surface area (Å²) in [6, 6.07) is 71.4. The predicted octanol–water partition coefficient (Wildman–Crippen LogP) is 15.4. The van der Waals surface area contributed by atoms with Gasteiger partial charge in [-0.25, -0.2) is 9.98 Å². The first-order valence-electron chi connectivity index (χ1n) is 22.0. The van der Waals surface area contributed by atoms with Crippen LogP contribution < -0.4 is 0 Å². The molecule has 0 saturated carbocycles. The van der Waals surface area contributed by atoms with Crippen molar-refractivity contribution in [1.29, 1.82) is 0 Å². The molecular weight excluding hydrogens is 781 g/mol. The molecule has 0 radical (unpaired) electrons. The van der Waals surface area contributed by atoms with Gasteiger partial charge in [0.25, 0.3) is 0 Å². The summed E-state index contributed by atoms with van der Waals surface area (Å²) in [5.41, 5.74) is 12.3. The first-order valence-corrected chi connectivity index (χ1v) is 22.0. The van der Waals surface area contributed by atoms with Crippen molar-refractivity contribution in [3.63, 3.8) is 0 Å². The zero-order valence-electron chi connectivity index (χ0n) is 35.1. The third-order valence-corrected chi connectivity index (χ3v) is 13.1. The van der Waals surface area contributed by atoms with Crippen LogP contribution in [0.5, 0.6) is 0 Å². The second-order valence-corrected chi connectivity index (χ2v) is 17.0. The fourth-order valence-electron chi connectivity index (χ4n) is 10.1. The Kier molecular flexibility index (Phi) is 8.19. The topological polar surface area (TPSA) is 47.7 Å². The first-order chi connectivity index (χ1) is 31.7. The number of aromatic nitrogens is 2. The van der Waals surface area contributed by atoms with Crippen LogP contribution in [0.3, 0.4) is 0 Å². The predicted molar refractivity (Wildman–Crippen MR) is 268 cm³/mol. The SMILES string of the molecule is CC1C/C=C(\c2ccc3oc4ccccc4c3c2-n2c3ccccc3c3cc4ccccc4cc32)N=C(c2cccc(-c3ccccc3)c2)N=C1n1c2ccccc2c2ccccc21. The van der Waals surface area contributed by atoms with Gasteiger partial charge in [0.05, 0.1) is 38.8 Å². The Hall–Kier alpha value is -8.28. The number of para-hydroxylation sites is 4. The van der Waals surface area contributed by atoms with E-state index in [1.165, 1.54) is 32.3 Å². The van der Waals surface area contributed by atoms with Crippen LogP contribution in [0.15, 0.2) is 221 Å². The Morgan fingerprint density at radius 3 is 1.80 bits per heavy atom. The lowest BCUT2D eigenvalue weighted by atomic mass is 9.98. The average molecular weight is 821 g/mol. The largest absolute Gasteiger partial charge is 0.456 e. The van der Waals surface area contributed by atoms with Crippen LogP contribution in [0, 0.1) is 5.92 Å². The maximum atomic E-state index is 6.67. The van der Waals surface area contributed by atoms with E-state index in [0.717, 1.165) is 89.9 Å². The molecule has 0 saturated heterocycles. The molecule has 3 aromatic heterocycles. The minimum Gasteiger partial charge on any atom is -0.456 e. The third-order valence-electron chi connectivity index (χ3n) is 13.1. The van der Waals surface area contributed by atoms with Gasteiger partial charge in [-0.3, -0.25) is 4.57 Å². The van der Waals surface area contributed by atoms with E-state index in [1.54, 1.807) is 0 Å². The van der Waals surface area contributed by atoms with E-state index in [1.807, 2.05) is 6.07 Å². The molecule has 5 nitrogen and oxygen atoms in total. The lowest BCUT2D eigenvalue weighted by molar-refractivity contribution is 0.669. The number of benzene rings is 9. The van der Waals surface area contributed by atoms with Gasteiger partial charge in [-0.1, -0.05) is 159 Å². The van der Waals surface area contributed by atoms with E-state index in [9.17, 15) is 0 Å². The number of hydrogen-bond donors (Lipinski definition) is 0. The average Bonchev–Trinajstić information content (AvgIpc) is 4.00. The number of allylic oxidation sites excluding steroid dienone is 1. The van der Waals surface area contributed by atoms with Crippen molar-refractivity contribution < 1.29 is 4.42 Å². The van der Waals surface area contributed by atoms with E-state index in [2.05, 4.69) is 216 Å². The molecule has 0 aliphatic carbocycles. The molecule has 0 N–H and O–H groups in total. The molecule has 1 unspecified atom stereocenters. The normalized spacial score (nSPS) is 15.5. The number of hydrogen-bond acceptors (Lipinski definition) is 3. The molecule has 12 aromatic rings. The van der Waals surface area contributed by atoms with Gasteiger partial charge < -0.3 is 8.98 Å². The van der Waals surface area contributed by atoms with Crippen LogP contribution in [-0.2, 0) is 0 Å². The summed E-state index contributed by atoms with van der Waals surface area (Å²) in [5, 5.41) is 9.33. The molecule has 1 atom stereocenters. The van der Waals surface area contributed by atoms with Gasteiger partial charge in [0.2, 0.25) is 0 Å². The fraction of sp³-hybridized carbons (Fsp3) is 0.0508. The highest BCUT2D eigenvalue weighted by atomic mass is 16.3. The molecule has 5 heteroatoms. The summed E-state index contributed by atoms with van der Waals surface area (Å²) in [6.45, 7) is 2.30. The lowest BCUT2D eigenvalue weighted by Gasteiger charge is -2.22. The first kappa shape index (κ1) is 36.4. The summed E-state index contributed by atoms with van der Waals surface area (Å²) in [7, 11) is 0. The van der Waals surface area contributed by atoms with E-state index < -0.39 is 0 Å². The van der Waals surface area contributed by atoms with Crippen LogP contribution in [0.4, 0.5) is 0 Å². The number of fused-ring (bicyclic) bond motifs is 10. The van der Waals surface area contributed by atoms with Crippen LogP contribution in [0.1, 0.15) is 24.5 Å². The molecule has 13 rings (SSSR count). The van der Waals surface area contributed by atoms with Crippen molar-refractivity contribution in [2.45, 2.75) is 13.3 Å². The maximum Gasteiger partial charge on any atom is 0.161 e. The number of amidine groups is 1. The molecule has 1 aliphatic heterocycles. The highest BCUT2D eigenvalue weighted by Gasteiger charge is 2.26. The molecular formula is C59H40N4O. The quantitative estimate of drug-likeness (QED) is 0.174. The molecule has 0 bridgehead atoms. The molecule has 302 valence electrons. The van der Waals surface area contributed by atoms with Crippen molar-refractivity contribution in [2.75, 3.05) is 0 Å². The minimum absolute atomic E-state index is 0.0264. The summed E-state index contributed by atoms with van der Waals surface area (Å²) in [5.74, 6) is 1.64. The van der Waals surface area contributed by atoms with Gasteiger partial charge in [-0.15, -0.1) is 0 Å². The summed E-state index contributed by atoms with van der Waals surface area (Å²) in [6.07, 6.45) is 3.06. The lowest BCUT2D eigenvalue weighted by Crippen LogP contribution is -2.23. The van der Waals surface area contributed by atoms with Crippen LogP contribution in [-0.4, -0.2) is 20.8 Å². The summed E-state index contributed by atoms with van der Waals surface area (Å²) < 4.78 is 11.5. The zero-order chi connectivity index (χ0) is 42.3. The minimum atomic E-state index is 0.0264. The van der Waals surface area contributed by atoms with Gasteiger partial charge in [0.1, 0.15) is 17.0 Å². The van der Waals surface area contributed by atoms with Gasteiger partial charge in [0.15, 0.2) is 5.84 Å². The van der Waals surface area contributed by atoms with Crippen LogP contribution >= 0.6 is 0 Å². The Morgan fingerprint density at radius 2 is 1.05 bits per heavy atom. The third kappa shape index (κ3) is 5.64. The van der Waals surface area contributed by atoms with Crippen molar-refractivity contribution in [3.8, 4) is 16.8 Å². The van der Waals surface area contributed by atoms with E-state index in [-0.39, 0.29) is 5.92 Å². The van der Waals surface area contributed by atoms with Crippen LogP contribution in [0.25, 0.3) is 98.8 Å². The number of rotatable bonds is 4. The second kappa shape index (κ2) is 14.4. The second-order valence-electron chi connectivity index (χ2n) is 17.0. The van der Waals surface area contributed by atoms with Gasteiger partial charge in [-0.2, -0.15) is 0 Å². The van der Waals surface area contributed by atoms with Crippen molar-refractivity contribution in [3.05, 3.63) is 217 Å². The Balaban J connectivity index is 1.12. The van der Waals surface area contributed by atoms with Crippen molar-refractivity contribution in [2.24, 2.45) is 15.9 Å². The molecule has 0 amide bonds. The van der Waals surface area contributed by atoms with Gasteiger partial charge >= 0.3 is 0 Å².